The van der Waals surface area contributed by atoms with E-state index in [4.69, 9.17) is 4.74 Å². The number of carbonyl (C=O) groups is 4. The van der Waals surface area contributed by atoms with E-state index in [0.29, 0.717) is 6.42 Å². The summed E-state index contributed by atoms with van der Waals surface area (Å²) in [6, 6.07) is 21.0. The van der Waals surface area contributed by atoms with E-state index in [2.05, 4.69) is 21.3 Å². The molecule has 1 unspecified atom stereocenters. The summed E-state index contributed by atoms with van der Waals surface area (Å²) in [5.74, 6) is -1.86. The summed E-state index contributed by atoms with van der Waals surface area (Å²) < 4.78 is 5.20. The van der Waals surface area contributed by atoms with Crippen molar-refractivity contribution < 1.29 is 23.9 Å². The van der Waals surface area contributed by atoms with Crippen molar-refractivity contribution in [3.8, 4) is 0 Å². The molecule has 0 radical (unpaired) electrons. The normalized spacial score (nSPS) is 12.7. The zero-order valence-electron chi connectivity index (χ0n) is 24.2. The molecule has 4 N–H and O–H groups in total. The summed E-state index contributed by atoms with van der Waals surface area (Å²) in [6.07, 6.45) is 0.345. The third-order valence-electron chi connectivity index (χ3n) is 6.34. The van der Waals surface area contributed by atoms with E-state index in [-0.39, 0.29) is 31.9 Å². The smallest absolute Gasteiger partial charge is 0.245 e. The van der Waals surface area contributed by atoms with E-state index in [0.717, 1.165) is 21.9 Å². The number of aryl methyl sites for hydroxylation is 1. The number of hydrogen-bond acceptors (Lipinski definition) is 5. The fourth-order valence-electron chi connectivity index (χ4n) is 4.41. The average molecular weight is 561 g/mol. The maximum Gasteiger partial charge on any atom is 0.245 e. The van der Waals surface area contributed by atoms with E-state index in [1.807, 2.05) is 93.6 Å². The Morgan fingerprint density at radius 3 is 2.17 bits per heavy atom. The van der Waals surface area contributed by atoms with Crippen LogP contribution in [0, 0.1) is 0 Å². The molecule has 0 aliphatic rings. The zero-order valence-corrected chi connectivity index (χ0v) is 24.2. The zero-order chi connectivity index (χ0) is 29.8. The van der Waals surface area contributed by atoms with E-state index in [1.54, 1.807) is 0 Å². The summed E-state index contributed by atoms with van der Waals surface area (Å²) in [7, 11) is 1.43. The third kappa shape index (κ3) is 10.3. The standard InChI is InChI=1S/C32H40N4O5/c1-32(2,3)36-29(38)19-26(34-28(37)18-17-22-11-6-5-7-12-22)31(40)35-27(21-41-4)30(39)33-20-24-15-10-14-23-13-8-9-16-25(23)24/h5-16,26-27H,17-21H2,1-4H3,(H,33,39)(H,34,37)(H,35,40)(H,36,38)/t26-,27?/m0/s1. The van der Waals surface area contributed by atoms with Crippen LogP contribution in [0.15, 0.2) is 72.8 Å². The van der Waals surface area contributed by atoms with Gasteiger partial charge in [-0.3, -0.25) is 19.2 Å². The van der Waals surface area contributed by atoms with Crippen molar-refractivity contribution >= 4 is 34.4 Å². The number of fused-ring (bicyclic) bond motifs is 1. The van der Waals surface area contributed by atoms with Crippen LogP contribution >= 0.6 is 0 Å². The first kappa shape index (κ1) is 31.3. The molecule has 3 aromatic carbocycles. The SMILES string of the molecule is COCC(NC(=O)[C@H](CC(=O)NC(C)(C)C)NC(=O)CCc1ccccc1)C(=O)NCc1cccc2ccccc12. The van der Waals surface area contributed by atoms with Crippen LogP contribution in [0.4, 0.5) is 0 Å². The van der Waals surface area contributed by atoms with Gasteiger partial charge in [0.05, 0.1) is 13.0 Å². The van der Waals surface area contributed by atoms with Gasteiger partial charge in [0.15, 0.2) is 0 Å². The summed E-state index contributed by atoms with van der Waals surface area (Å²) in [5, 5.41) is 13.1. The van der Waals surface area contributed by atoms with E-state index in [9.17, 15) is 19.2 Å². The van der Waals surface area contributed by atoms with Crippen LogP contribution < -0.4 is 21.3 Å². The van der Waals surface area contributed by atoms with E-state index >= 15 is 0 Å². The van der Waals surface area contributed by atoms with Crippen LogP contribution in [-0.4, -0.2) is 55.0 Å². The molecule has 41 heavy (non-hydrogen) atoms. The number of benzene rings is 3. The van der Waals surface area contributed by atoms with Crippen molar-refractivity contribution in [3.63, 3.8) is 0 Å². The lowest BCUT2D eigenvalue weighted by Gasteiger charge is -2.25. The minimum atomic E-state index is -1.18. The number of ether oxygens (including phenoxy) is 1. The largest absolute Gasteiger partial charge is 0.382 e. The Morgan fingerprint density at radius 2 is 1.46 bits per heavy atom. The van der Waals surface area contributed by atoms with Crippen molar-refractivity contribution in [3.05, 3.63) is 83.9 Å². The molecule has 2 atom stereocenters. The molecule has 9 nitrogen and oxygen atoms in total. The van der Waals surface area contributed by atoms with Crippen molar-refractivity contribution in [1.29, 1.82) is 0 Å². The molecule has 0 saturated carbocycles. The highest BCUT2D eigenvalue weighted by Crippen LogP contribution is 2.18. The summed E-state index contributed by atoms with van der Waals surface area (Å²) in [4.78, 5) is 52.0. The lowest BCUT2D eigenvalue weighted by atomic mass is 10.0. The lowest BCUT2D eigenvalue weighted by molar-refractivity contribution is -0.134. The van der Waals surface area contributed by atoms with E-state index < -0.39 is 35.3 Å². The molecule has 0 heterocycles. The minimum Gasteiger partial charge on any atom is -0.382 e. The molecule has 0 spiro atoms. The van der Waals surface area contributed by atoms with Gasteiger partial charge in [-0.15, -0.1) is 0 Å². The fourth-order valence-corrected chi connectivity index (χ4v) is 4.41. The molecule has 0 fully saturated rings. The maximum atomic E-state index is 13.4. The summed E-state index contributed by atoms with van der Waals surface area (Å²) in [5.41, 5.74) is 1.40. The van der Waals surface area contributed by atoms with Gasteiger partial charge in [0, 0.05) is 25.6 Å². The monoisotopic (exact) mass is 560 g/mol. The molecule has 0 bridgehead atoms. The molecule has 0 aromatic heterocycles. The Morgan fingerprint density at radius 1 is 0.780 bits per heavy atom. The highest BCUT2D eigenvalue weighted by atomic mass is 16.5. The van der Waals surface area contributed by atoms with Crippen LogP contribution in [0.2, 0.25) is 0 Å². The van der Waals surface area contributed by atoms with Crippen molar-refractivity contribution in [2.75, 3.05) is 13.7 Å². The van der Waals surface area contributed by atoms with Gasteiger partial charge in [0.2, 0.25) is 23.6 Å². The van der Waals surface area contributed by atoms with Gasteiger partial charge >= 0.3 is 0 Å². The van der Waals surface area contributed by atoms with Gasteiger partial charge in [-0.1, -0.05) is 72.8 Å². The number of hydrogen-bond donors (Lipinski definition) is 4. The second-order valence-corrected chi connectivity index (χ2v) is 11.0. The molecule has 4 amide bonds. The van der Waals surface area contributed by atoms with Gasteiger partial charge in [0.1, 0.15) is 12.1 Å². The minimum absolute atomic E-state index is 0.0873. The molecule has 0 aliphatic heterocycles. The second-order valence-electron chi connectivity index (χ2n) is 11.0. The Labute approximate surface area is 241 Å². The highest BCUT2D eigenvalue weighted by Gasteiger charge is 2.29. The van der Waals surface area contributed by atoms with Crippen molar-refractivity contribution in [1.82, 2.24) is 21.3 Å². The predicted molar refractivity (Wildman–Crippen MR) is 159 cm³/mol. The summed E-state index contributed by atoms with van der Waals surface area (Å²) in [6.45, 7) is 5.65. The average Bonchev–Trinajstić information content (AvgIpc) is 2.93. The highest BCUT2D eigenvalue weighted by molar-refractivity contribution is 5.95. The molecule has 0 aliphatic carbocycles. The Hall–Kier alpha value is -4.24. The molecule has 218 valence electrons. The van der Waals surface area contributed by atoms with Crippen LogP contribution in [0.25, 0.3) is 10.8 Å². The Balaban J connectivity index is 1.67. The number of rotatable bonds is 13. The van der Waals surface area contributed by atoms with Crippen LogP contribution in [0.1, 0.15) is 44.7 Å². The molecule has 0 saturated heterocycles. The van der Waals surface area contributed by atoms with Crippen LogP contribution in [-0.2, 0) is 36.9 Å². The number of carbonyl (C=O) groups excluding carboxylic acids is 4. The maximum absolute atomic E-state index is 13.4. The Kier molecular flexibility index (Phi) is 11.4. The van der Waals surface area contributed by atoms with Gasteiger partial charge in [-0.25, -0.2) is 0 Å². The van der Waals surface area contributed by atoms with Gasteiger partial charge in [-0.2, -0.15) is 0 Å². The van der Waals surface area contributed by atoms with Crippen molar-refractivity contribution in [2.45, 2.75) is 64.2 Å². The van der Waals surface area contributed by atoms with Crippen molar-refractivity contribution in [2.24, 2.45) is 0 Å². The third-order valence-corrected chi connectivity index (χ3v) is 6.34. The molecule has 3 aromatic rings. The fraction of sp³-hybridized carbons (Fsp3) is 0.375. The van der Waals surface area contributed by atoms with Gasteiger partial charge < -0.3 is 26.0 Å². The topological polar surface area (TPSA) is 126 Å². The lowest BCUT2D eigenvalue weighted by Crippen LogP contribution is -2.56. The summed E-state index contributed by atoms with van der Waals surface area (Å²) >= 11 is 0. The quantitative estimate of drug-likeness (QED) is 0.256. The molecular formula is C32H40N4O5. The Bertz CT molecular complexity index is 1330. The number of amides is 4. The van der Waals surface area contributed by atoms with Gasteiger partial charge in [-0.05, 0) is 49.1 Å². The molecular weight excluding hydrogens is 520 g/mol. The second kappa shape index (κ2) is 14.9. The van der Waals surface area contributed by atoms with E-state index in [1.165, 1.54) is 7.11 Å². The predicted octanol–water partition coefficient (Wildman–Crippen LogP) is 3.01. The number of methoxy groups -OCH3 is 1. The first-order valence-corrected chi connectivity index (χ1v) is 13.7. The first-order valence-electron chi connectivity index (χ1n) is 13.7. The first-order chi connectivity index (χ1) is 19.6. The van der Waals surface area contributed by atoms with Crippen LogP contribution in [0.5, 0.6) is 0 Å². The van der Waals surface area contributed by atoms with Crippen LogP contribution in [0.3, 0.4) is 0 Å². The molecule has 3 rings (SSSR count). The van der Waals surface area contributed by atoms with Gasteiger partial charge in [0.25, 0.3) is 0 Å². The molecule has 9 heteroatoms. The number of nitrogens with one attached hydrogen (secondary N) is 4.